The van der Waals surface area contributed by atoms with E-state index in [4.69, 9.17) is 14.2 Å². The molecule has 0 N–H and O–H groups in total. The van der Waals surface area contributed by atoms with E-state index in [1.807, 2.05) is 13.8 Å². The van der Waals surface area contributed by atoms with Gasteiger partial charge < -0.3 is 19.1 Å². The number of aromatic nitrogens is 2. The first-order chi connectivity index (χ1) is 10.1. The summed E-state index contributed by atoms with van der Waals surface area (Å²) in [4.78, 5) is 17.1. The molecule has 0 bridgehead atoms. The van der Waals surface area contributed by atoms with Crippen molar-refractivity contribution in [3.8, 4) is 5.19 Å². The van der Waals surface area contributed by atoms with Gasteiger partial charge in [0.05, 0.1) is 6.61 Å². The summed E-state index contributed by atoms with van der Waals surface area (Å²) in [5, 5.41) is 0.694. The van der Waals surface area contributed by atoms with Crippen molar-refractivity contribution in [2.75, 3.05) is 40.5 Å². The molecule has 1 atom stereocenters. The van der Waals surface area contributed by atoms with Crippen molar-refractivity contribution in [1.29, 1.82) is 0 Å². The molecule has 0 saturated carbocycles. The number of carbonyl (C=O) groups is 1. The maximum absolute atomic E-state index is 11.5. The molecule has 0 radical (unpaired) electrons. The number of rotatable bonds is 9. The predicted molar refractivity (Wildman–Crippen MR) is 82.3 cm³/mol. The normalized spacial score (nSPS) is 12.2. The minimum absolute atomic E-state index is 0.122. The van der Waals surface area contributed by atoms with Crippen molar-refractivity contribution in [1.82, 2.24) is 14.3 Å². The minimum Gasteiger partial charge on any atom is -0.466 e. The molecule has 9 heteroatoms. The van der Waals surface area contributed by atoms with Gasteiger partial charge in [-0.25, -0.2) is 0 Å². The summed E-state index contributed by atoms with van der Waals surface area (Å²) in [7, 11) is 3.36. The summed E-state index contributed by atoms with van der Waals surface area (Å²) < 4.78 is 20.5. The monoisotopic (exact) mass is 335 g/mol. The molecule has 0 aliphatic heterocycles. The van der Waals surface area contributed by atoms with Crippen LogP contribution in [-0.2, 0) is 9.47 Å². The lowest BCUT2D eigenvalue weighted by Gasteiger charge is -2.16. The third kappa shape index (κ3) is 7.07. The van der Waals surface area contributed by atoms with E-state index in [9.17, 15) is 4.79 Å². The van der Waals surface area contributed by atoms with Gasteiger partial charge in [0.1, 0.15) is 12.7 Å². The van der Waals surface area contributed by atoms with Crippen LogP contribution in [0.2, 0.25) is 0 Å². The summed E-state index contributed by atoms with van der Waals surface area (Å²) in [5.41, 5.74) is 0. The second-order valence-electron chi connectivity index (χ2n) is 4.15. The molecule has 1 aromatic heterocycles. The Bertz CT molecular complexity index is 428. The second-order valence-corrected chi connectivity index (χ2v) is 5.79. The van der Waals surface area contributed by atoms with Gasteiger partial charge in [-0.1, -0.05) is 0 Å². The smallest absolute Gasteiger partial charge is 0.294 e. The van der Waals surface area contributed by atoms with Crippen LogP contribution in [0.3, 0.4) is 0 Å². The summed E-state index contributed by atoms with van der Waals surface area (Å²) in [5.74, 6) is 0. The Kier molecular flexibility index (Phi) is 8.58. The quantitative estimate of drug-likeness (QED) is 0.640. The van der Waals surface area contributed by atoms with E-state index < -0.39 is 0 Å². The zero-order chi connectivity index (χ0) is 15.7. The maximum Gasteiger partial charge on any atom is 0.294 e. The zero-order valence-corrected chi connectivity index (χ0v) is 14.3. The molecule has 1 heterocycles. The largest absolute Gasteiger partial charge is 0.466 e. The van der Waals surface area contributed by atoms with E-state index in [1.54, 1.807) is 14.1 Å². The summed E-state index contributed by atoms with van der Waals surface area (Å²) in [6, 6.07) is 0. The first-order valence-electron chi connectivity index (χ1n) is 6.61. The Hall–Kier alpha value is -0.900. The number of hydrogen-bond acceptors (Lipinski definition) is 8. The molecule has 0 fully saturated rings. The van der Waals surface area contributed by atoms with Gasteiger partial charge in [-0.15, -0.1) is 0 Å². The van der Waals surface area contributed by atoms with E-state index in [0.717, 1.165) is 23.3 Å². The summed E-state index contributed by atoms with van der Waals surface area (Å²) in [6.07, 6.45) is -0.140. The first-order valence-corrected chi connectivity index (χ1v) is 8.20. The highest BCUT2D eigenvalue weighted by Gasteiger charge is 2.15. The SMILES string of the molecule is CCOCC(COc1nc(SC(=O)N(C)C)ns1)OCC. The van der Waals surface area contributed by atoms with Gasteiger partial charge in [-0.2, -0.15) is 9.36 Å². The van der Waals surface area contributed by atoms with Crippen molar-refractivity contribution >= 4 is 28.5 Å². The predicted octanol–water partition coefficient (Wildman–Crippen LogP) is 2.13. The fourth-order valence-corrected chi connectivity index (χ4v) is 2.49. The Balaban J connectivity index is 2.43. The van der Waals surface area contributed by atoms with Crippen LogP contribution in [0.1, 0.15) is 13.8 Å². The standard InChI is InChI=1S/C12H21N3O4S2/c1-5-17-7-9(18-6-2)8-19-11-13-10(14-21-11)20-12(16)15(3)4/h9H,5-8H2,1-4H3. The number of hydrogen-bond donors (Lipinski definition) is 0. The molecular formula is C12H21N3O4S2. The summed E-state index contributed by atoms with van der Waals surface area (Å²) >= 11 is 2.09. The van der Waals surface area contributed by atoms with Crippen LogP contribution in [0, 0.1) is 0 Å². The van der Waals surface area contributed by atoms with Crippen molar-refractivity contribution in [3.05, 3.63) is 0 Å². The van der Waals surface area contributed by atoms with Crippen molar-refractivity contribution < 1.29 is 19.0 Å². The van der Waals surface area contributed by atoms with Gasteiger partial charge in [0.25, 0.3) is 10.4 Å². The molecule has 21 heavy (non-hydrogen) atoms. The average molecular weight is 335 g/mol. The van der Waals surface area contributed by atoms with E-state index in [0.29, 0.717) is 36.8 Å². The van der Waals surface area contributed by atoms with Crippen molar-refractivity contribution in [3.63, 3.8) is 0 Å². The Labute approximate surface area is 133 Å². The van der Waals surface area contributed by atoms with Crippen molar-refractivity contribution in [2.24, 2.45) is 0 Å². The molecule has 0 saturated heterocycles. The second kappa shape index (κ2) is 9.93. The molecule has 120 valence electrons. The Morgan fingerprint density at radius 2 is 2.10 bits per heavy atom. The summed E-state index contributed by atoms with van der Waals surface area (Å²) in [6.45, 7) is 5.90. The lowest BCUT2D eigenvalue weighted by atomic mass is 10.4. The van der Waals surface area contributed by atoms with Gasteiger partial charge >= 0.3 is 0 Å². The van der Waals surface area contributed by atoms with E-state index in [-0.39, 0.29) is 11.3 Å². The molecule has 0 aliphatic rings. The Morgan fingerprint density at radius 3 is 2.71 bits per heavy atom. The number of ether oxygens (including phenoxy) is 3. The van der Waals surface area contributed by atoms with Crippen molar-refractivity contribution in [2.45, 2.75) is 25.1 Å². The molecule has 1 rings (SSSR count). The molecule has 0 aliphatic carbocycles. The van der Waals surface area contributed by atoms with Gasteiger partial charge in [0.15, 0.2) is 0 Å². The maximum atomic E-state index is 11.5. The van der Waals surface area contributed by atoms with Gasteiger partial charge in [0.2, 0.25) is 5.16 Å². The van der Waals surface area contributed by atoms with Gasteiger partial charge in [-0.05, 0) is 13.8 Å². The number of amides is 1. The fourth-order valence-electron chi connectivity index (χ4n) is 1.26. The fraction of sp³-hybridized carbons (Fsp3) is 0.750. The molecule has 1 unspecified atom stereocenters. The van der Waals surface area contributed by atoms with Crippen LogP contribution >= 0.6 is 23.3 Å². The van der Waals surface area contributed by atoms with Crippen LogP contribution in [-0.4, -0.2) is 66.1 Å². The first kappa shape index (κ1) is 18.1. The lowest BCUT2D eigenvalue weighted by Crippen LogP contribution is -2.27. The number of carbonyl (C=O) groups excluding carboxylic acids is 1. The molecule has 7 nitrogen and oxygen atoms in total. The van der Waals surface area contributed by atoms with E-state index in [1.165, 1.54) is 4.90 Å². The molecule has 0 spiro atoms. The van der Waals surface area contributed by atoms with Crippen LogP contribution in [0.25, 0.3) is 0 Å². The number of thioether (sulfide) groups is 1. The average Bonchev–Trinajstić information content (AvgIpc) is 2.89. The van der Waals surface area contributed by atoms with Gasteiger partial charge in [0, 0.05) is 50.6 Å². The van der Waals surface area contributed by atoms with Crippen LogP contribution in [0.5, 0.6) is 5.19 Å². The van der Waals surface area contributed by atoms with Crippen LogP contribution < -0.4 is 4.74 Å². The highest BCUT2D eigenvalue weighted by molar-refractivity contribution is 8.13. The van der Waals surface area contributed by atoms with Crippen LogP contribution in [0.4, 0.5) is 4.79 Å². The topological polar surface area (TPSA) is 73.8 Å². The molecular weight excluding hydrogens is 314 g/mol. The van der Waals surface area contributed by atoms with E-state index >= 15 is 0 Å². The third-order valence-electron chi connectivity index (χ3n) is 2.24. The van der Waals surface area contributed by atoms with Crippen LogP contribution in [0.15, 0.2) is 5.16 Å². The Morgan fingerprint density at radius 1 is 1.33 bits per heavy atom. The molecule has 1 aromatic rings. The zero-order valence-electron chi connectivity index (χ0n) is 12.7. The van der Waals surface area contributed by atoms with E-state index in [2.05, 4.69) is 9.36 Å². The lowest BCUT2D eigenvalue weighted by molar-refractivity contribution is -0.0302. The molecule has 1 amide bonds. The third-order valence-corrected chi connectivity index (χ3v) is 3.89. The number of nitrogens with zero attached hydrogens (tertiary/aromatic N) is 3. The van der Waals surface area contributed by atoms with Gasteiger partial charge in [-0.3, -0.25) is 4.79 Å². The highest BCUT2D eigenvalue weighted by atomic mass is 32.2. The highest BCUT2D eigenvalue weighted by Crippen LogP contribution is 2.23. The minimum atomic E-state index is -0.140. The molecule has 0 aromatic carbocycles.